The van der Waals surface area contributed by atoms with Crippen LogP contribution in [0.2, 0.25) is 0 Å². The zero-order valence-corrected chi connectivity index (χ0v) is 9.55. The molecule has 0 aromatic heterocycles. The van der Waals surface area contributed by atoms with Crippen LogP contribution in [0, 0.1) is 0 Å². The maximum Gasteiger partial charge on any atom is 0.412 e. The molecule has 5 heteroatoms. The van der Waals surface area contributed by atoms with Crippen LogP contribution in [0.4, 0.5) is 4.79 Å². The summed E-state index contributed by atoms with van der Waals surface area (Å²) in [6.07, 6.45) is -0.934. The van der Waals surface area contributed by atoms with E-state index in [0.29, 0.717) is 13.1 Å². The summed E-state index contributed by atoms with van der Waals surface area (Å²) in [5.74, 6) is -0.204. The molecule has 0 aliphatic carbocycles. The highest BCUT2D eigenvalue weighted by Crippen LogP contribution is 2.13. The predicted octanol–water partition coefficient (Wildman–Crippen LogP) is 1.10. The molecule has 1 atom stereocenters. The van der Waals surface area contributed by atoms with E-state index in [1.54, 1.807) is 4.90 Å². The smallest absolute Gasteiger partial charge is 0.412 e. The van der Waals surface area contributed by atoms with Crippen molar-refractivity contribution < 1.29 is 14.3 Å². The molecule has 1 saturated heterocycles. The molecule has 1 aliphatic heterocycles. The number of hydrogen-bond acceptors (Lipinski definition) is 3. The average Bonchev–Trinajstić information content (AvgIpc) is 2.59. The lowest BCUT2D eigenvalue weighted by Gasteiger charge is -2.12. The molecule has 0 spiro atoms. The number of carbonyl (C=O) groups excluding carboxylic acids is 2. The van der Waals surface area contributed by atoms with Crippen LogP contribution in [0.15, 0.2) is 30.3 Å². The molecular weight excluding hydrogens is 220 g/mol. The zero-order chi connectivity index (χ0) is 12.3. The van der Waals surface area contributed by atoms with E-state index < -0.39 is 12.3 Å². The fourth-order valence-corrected chi connectivity index (χ4v) is 1.74. The second-order valence-electron chi connectivity index (χ2n) is 3.94. The number of cyclic esters (lactones) is 1. The number of benzene rings is 1. The maximum absolute atomic E-state index is 11.5. The summed E-state index contributed by atoms with van der Waals surface area (Å²) in [6, 6.07) is 9.65. The standard InChI is InChI=1S/C12H14N2O3/c1-9(15)13-11-8-14(12(16)17-11)7-10-5-3-2-4-6-10/h2-6,11H,7-8H2,1H3,(H,13,15). The predicted molar refractivity (Wildman–Crippen MR) is 60.9 cm³/mol. The second-order valence-corrected chi connectivity index (χ2v) is 3.94. The Kier molecular flexibility index (Phi) is 3.27. The maximum atomic E-state index is 11.5. The van der Waals surface area contributed by atoms with Gasteiger partial charge in [0.2, 0.25) is 5.91 Å². The molecule has 0 radical (unpaired) electrons. The Balaban J connectivity index is 1.95. The number of carbonyl (C=O) groups is 2. The van der Waals surface area contributed by atoms with Crippen molar-refractivity contribution in [3.05, 3.63) is 35.9 Å². The molecule has 2 amide bonds. The quantitative estimate of drug-likeness (QED) is 0.852. The van der Waals surface area contributed by atoms with Gasteiger partial charge in [-0.2, -0.15) is 0 Å². The minimum Gasteiger partial charge on any atom is -0.423 e. The first-order valence-corrected chi connectivity index (χ1v) is 5.42. The first-order chi connectivity index (χ1) is 8.15. The Morgan fingerprint density at radius 2 is 2.18 bits per heavy atom. The van der Waals surface area contributed by atoms with Crippen LogP contribution in [-0.4, -0.2) is 29.7 Å². The van der Waals surface area contributed by atoms with Crippen molar-refractivity contribution in [3.8, 4) is 0 Å². The van der Waals surface area contributed by atoms with Gasteiger partial charge in [0.05, 0.1) is 6.54 Å². The summed E-state index contributed by atoms with van der Waals surface area (Å²) in [5, 5.41) is 2.56. The van der Waals surface area contributed by atoms with Crippen molar-refractivity contribution in [3.63, 3.8) is 0 Å². The Hall–Kier alpha value is -2.04. The van der Waals surface area contributed by atoms with E-state index in [9.17, 15) is 9.59 Å². The monoisotopic (exact) mass is 234 g/mol. The molecule has 17 heavy (non-hydrogen) atoms. The normalized spacial score (nSPS) is 19.0. The van der Waals surface area contributed by atoms with Crippen molar-refractivity contribution >= 4 is 12.0 Å². The minimum absolute atomic E-state index is 0.204. The van der Waals surface area contributed by atoms with Gasteiger partial charge in [0, 0.05) is 13.5 Å². The molecule has 1 aromatic carbocycles. The summed E-state index contributed by atoms with van der Waals surface area (Å²) < 4.78 is 5.01. The van der Waals surface area contributed by atoms with Gasteiger partial charge >= 0.3 is 6.09 Å². The number of nitrogens with zero attached hydrogens (tertiary/aromatic N) is 1. The van der Waals surface area contributed by atoms with Crippen LogP contribution >= 0.6 is 0 Å². The molecule has 1 aromatic rings. The lowest BCUT2D eigenvalue weighted by atomic mass is 10.2. The molecule has 0 bridgehead atoms. The molecular formula is C12H14N2O3. The first kappa shape index (κ1) is 11.4. The molecule has 2 rings (SSSR count). The van der Waals surface area contributed by atoms with Crippen LogP contribution < -0.4 is 5.32 Å². The fourth-order valence-electron chi connectivity index (χ4n) is 1.74. The third kappa shape index (κ3) is 2.96. The molecule has 90 valence electrons. The molecule has 1 heterocycles. The highest BCUT2D eigenvalue weighted by molar-refractivity contribution is 5.75. The molecule has 5 nitrogen and oxygen atoms in total. The van der Waals surface area contributed by atoms with Crippen LogP contribution in [0.5, 0.6) is 0 Å². The van der Waals surface area contributed by atoms with Crippen LogP contribution in [0.1, 0.15) is 12.5 Å². The van der Waals surface area contributed by atoms with E-state index in [4.69, 9.17) is 4.74 Å². The molecule has 1 unspecified atom stereocenters. The number of amides is 2. The van der Waals surface area contributed by atoms with Gasteiger partial charge in [-0.25, -0.2) is 4.79 Å². The summed E-state index contributed by atoms with van der Waals surface area (Å²) in [6.45, 7) is 2.27. The van der Waals surface area contributed by atoms with Gasteiger partial charge in [0.25, 0.3) is 0 Å². The van der Waals surface area contributed by atoms with E-state index in [2.05, 4.69) is 5.32 Å². The van der Waals surface area contributed by atoms with Crippen molar-refractivity contribution in [1.82, 2.24) is 10.2 Å². The van der Waals surface area contributed by atoms with E-state index in [1.165, 1.54) is 6.92 Å². The highest BCUT2D eigenvalue weighted by Gasteiger charge is 2.31. The van der Waals surface area contributed by atoms with E-state index in [0.717, 1.165) is 5.56 Å². The topological polar surface area (TPSA) is 58.6 Å². The zero-order valence-electron chi connectivity index (χ0n) is 9.55. The lowest BCUT2D eigenvalue weighted by Crippen LogP contribution is -2.36. The lowest BCUT2D eigenvalue weighted by molar-refractivity contribution is -0.121. The average molecular weight is 234 g/mol. The van der Waals surface area contributed by atoms with Gasteiger partial charge in [-0.15, -0.1) is 0 Å². The van der Waals surface area contributed by atoms with Crippen molar-refractivity contribution in [1.29, 1.82) is 0 Å². The number of hydrogen-bond donors (Lipinski definition) is 1. The summed E-state index contributed by atoms with van der Waals surface area (Å²) in [4.78, 5) is 23.9. The third-order valence-electron chi connectivity index (χ3n) is 2.47. The van der Waals surface area contributed by atoms with Crippen LogP contribution in [-0.2, 0) is 16.1 Å². The number of ether oxygens (including phenoxy) is 1. The molecule has 0 saturated carbocycles. The van der Waals surface area contributed by atoms with Gasteiger partial charge < -0.3 is 10.1 Å². The third-order valence-corrected chi connectivity index (χ3v) is 2.47. The SMILES string of the molecule is CC(=O)NC1CN(Cc2ccccc2)C(=O)O1. The summed E-state index contributed by atoms with van der Waals surface area (Å²) in [7, 11) is 0. The van der Waals surface area contributed by atoms with E-state index in [1.807, 2.05) is 30.3 Å². The Morgan fingerprint density at radius 1 is 1.47 bits per heavy atom. The molecule has 1 fully saturated rings. The minimum atomic E-state index is -0.538. The Bertz CT molecular complexity index is 419. The van der Waals surface area contributed by atoms with Gasteiger partial charge in [0.15, 0.2) is 6.23 Å². The van der Waals surface area contributed by atoms with Gasteiger partial charge in [0.1, 0.15) is 0 Å². The summed E-state index contributed by atoms with van der Waals surface area (Å²) in [5.41, 5.74) is 1.04. The number of nitrogens with one attached hydrogen (secondary N) is 1. The van der Waals surface area contributed by atoms with Crippen molar-refractivity contribution in [2.24, 2.45) is 0 Å². The largest absolute Gasteiger partial charge is 0.423 e. The highest BCUT2D eigenvalue weighted by atomic mass is 16.6. The first-order valence-electron chi connectivity index (χ1n) is 5.42. The van der Waals surface area contributed by atoms with Crippen LogP contribution in [0.3, 0.4) is 0 Å². The van der Waals surface area contributed by atoms with E-state index in [-0.39, 0.29) is 5.91 Å². The van der Waals surface area contributed by atoms with Crippen LogP contribution in [0.25, 0.3) is 0 Å². The van der Waals surface area contributed by atoms with E-state index >= 15 is 0 Å². The van der Waals surface area contributed by atoms with Crippen molar-refractivity contribution in [2.75, 3.05) is 6.54 Å². The Morgan fingerprint density at radius 3 is 2.82 bits per heavy atom. The molecule has 1 aliphatic rings. The fraction of sp³-hybridized carbons (Fsp3) is 0.333. The van der Waals surface area contributed by atoms with Gasteiger partial charge in [-0.3, -0.25) is 9.69 Å². The summed E-state index contributed by atoms with van der Waals surface area (Å²) >= 11 is 0. The Labute approximate surface area is 99.4 Å². The van der Waals surface area contributed by atoms with Crippen molar-refractivity contribution in [2.45, 2.75) is 19.7 Å². The second kappa shape index (κ2) is 4.86. The van der Waals surface area contributed by atoms with Gasteiger partial charge in [-0.05, 0) is 5.56 Å². The number of rotatable bonds is 3. The van der Waals surface area contributed by atoms with Gasteiger partial charge in [-0.1, -0.05) is 30.3 Å². The molecule has 1 N–H and O–H groups in total.